The summed E-state index contributed by atoms with van der Waals surface area (Å²) in [4.78, 5) is 22.2. The third-order valence-corrected chi connectivity index (χ3v) is 8.34. The van der Waals surface area contributed by atoms with Crippen LogP contribution in [0.1, 0.15) is 37.4 Å². The van der Waals surface area contributed by atoms with E-state index in [0.717, 1.165) is 43.6 Å². The van der Waals surface area contributed by atoms with Crippen molar-refractivity contribution in [3.63, 3.8) is 0 Å². The standard InChI is InChI=1S/C23H29N7S/c1-16-13-20-19(14-29(16)21-4-8-25-22-18(21)3-7-24-22)23(27-15-26-20)28-10-5-17(6-11-28)30-9-2-12-31-30/h3-4,7-8,15-17H,2,5-6,9-14H2,1H3,(H,24,25)/t16-/m1/s1. The first-order valence-corrected chi connectivity index (χ1v) is 12.4. The Morgan fingerprint density at radius 3 is 2.84 bits per heavy atom. The van der Waals surface area contributed by atoms with E-state index in [-0.39, 0.29) is 0 Å². The number of anilines is 2. The molecule has 0 bridgehead atoms. The molecule has 0 amide bonds. The van der Waals surface area contributed by atoms with E-state index in [0.29, 0.717) is 6.04 Å². The van der Waals surface area contributed by atoms with E-state index in [1.807, 2.05) is 24.3 Å². The highest BCUT2D eigenvalue weighted by Gasteiger charge is 2.32. The first-order chi connectivity index (χ1) is 15.3. The summed E-state index contributed by atoms with van der Waals surface area (Å²) in [6.45, 7) is 6.56. The maximum atomic E-state index is 4.79. The van der Waals surface area contributed by atoms with E-state index in [1.165, 1.54) is 53.9 Å². The highest BCUT2D eigenvalue weighted by Crippen LogP contribution is 2.36. The van der Waals surface area contributed by atoms with Crippen molar-refractivity contribution in [1.82, 2.24) is 24.2 Å². The third-order valence-electron chi connectivity index (χ3n) is 7.06. The van der Waals surface area contributed by atoms with Gasteiger partial charge in [0, 0.05) is 79.5 Å². The lowest BCUT2D eigenvalue weighted by Gasteiger charge is -2.40. The predicted octanol–water partition coefficient (Wildman–Crippen LogP) is 3.63. The molecule has 7 nitrogen and oxygen atoms in total. The van der Waals surface area contributed by atoms with E-state index in [1.54, 1.807) is 6.33 Å². The van der Waals surface area contributed by atoms with Crippen LogP contribution in [0.4, 0.5) is 11.5 Å². The number of fused-ring (bicyclic) bond motifs is 2. The van der Waals surface area contributed by atoms with Gasteiger partial charge in [-0.25, -0.2) is 19.3 Å². The SMILES string of the molecule is C[C@@H]1Cc2ncnc(N3CCC(N4CCCS4)CC3)c2CN1c1ccnc2[nH]ccc12. The van der Waals surface area contributed by atoms with E-state index in [4.69, 9.17) is 4.98 Å². The average molecular weight is 436 g/mol. The molecular formula is C23H29N7S. The molecule has 3 aliphatic rings. The smallest absolute Gasteiger partial charge is 0.139 e. The summed E-state index contributed by atoms with van der Waals surface area (Å²) in [7, 11) is 0. The zero-order valence-corrected chi connectivity index (χ0v) is 18.8. The van der Waals surface area contributed by atoms with Crippen LogP contribution in [0, 0.1) is 0 Å². The molecular weight excluding hydrogens is 406 g/mol. The summed E-state index contributed by atoms with van der Waals surface area (Å²) in [5, 5.41) is 1.18. The zero-order chi connectivity index (χ0) is 20.8. The maximum absolute atomic E-state index is 4.79. The highest BCUT2D eigenvalue weighted by atomic mass is 32.2. The fourth-order valence-corrected chi connectivity index (χ4v) is 6.58. The van der Waals surface area contributed by atoms with Gasteiger partial charge in [0.15, 0.2) is 0 Å². The summed E-state index contributed by atoms with van der Waals surface area (Å²) in [6, 6.07) is 5.37. The van der Waals surface area contributed by atoms with Gasteiger partial charge in [0.05, 0.1) is 5.69 Å². The van der Waals surface area contributed by atoms with E-state index < -0.39 is 0 Å². The number of piperidine rings is 1. The van der Waals surface area contributed by atoms with Crippen molar-refractivity contribution in [3.8, 4) is 0 Å². The van der Waals surface area contributed by atoms with Crippen molar-refractivity contribution < 1.29 is 0 Å². The second kappa shape index (κ2) is 7.98. The minimum absolute atomic E-state index is 0.383. The fraction of sp³-hybridized carbons (Fsp3) is 0.522. The largest absolute Gasteiger partial charge is 0.363 e. The monoisotopic (exact) mass is 435 g/mol. The van der Waals surface area contributed by atoms with Crippen LogP contribution in [0.5, 0.6) is 0 Å². The number of hydrogen-bond donors (Lipinski definition) is 1. The third kappa shape index (κ3) is 3.46. The molecule has 8 heteroatoms. The van der Waals surface area contributed by atoms with Gasteiger partial charge in [0.25, 0.3) is 0 Å². The topological polar surface area (TPSA) is 64.2 Å². The Balaban J connectivity index is 1.27. The minimum atomic E-state index is 0.383. The fourth-order valence-electron chi connectivity index (χ4n) is 5.40. The van der Waals surface area contributed by atoms with Gasteiger partial charge in [0.1, 0.15) is 17.8 Å². The number of aromatic amines is 1. The van der Waals surface area contributed by atoms with Gasteiger partial charge >= 0.3 is 0 Å². The Labute approximate surface area is 187 Å². The Hall–Kier alpha value is -2.32. The Bertz CT molecular complexity index is 1070. The average Bonchev–Trinajstić information content (AvgIpc) is 3.50. The van der Waals surface area contributed by atoms with Gasteiger partial charge in [-0.05, 0) is 38.3 Å². The molecule has 0 aromatic carbocycles. The lowest BCUT2D eigenvalue weighted by Crippen LogP contribution is -2.44. The molecule has 0 radical (unpaired) electrons. The normalized spacial score (nSPS) is 22.9. The van der Waals surface area contributed by atoms with Gasteiger partial charge in [0.2, 0.25) is 0 Å². The van der Waals surface area contributed by atoms with Crippen molar-refractivity contribution in [2.75, 3.05) is 35.2 Å². The summed E-state index contributed by atoms with van der Waals surface area (Å²) in [5.74, 6) is 2.44. The van der Waals surface area contributed by atoms with Crippen LogP contribution in [0.15, 0.2) is 30.9 Å². The van der Waals surface area contributed by atoms with E-state index in [9.17, 15) is 0 Å². The molecule has 3 aromatic heterocycles. The number of H-pyrrole nitrogens is 1. The van der Waals surface area contributed by atoms with E-state index >= 15 is 0 Å². The van der Waals surface area contributed by atoms with Crippen molar-refractivity contribution in [1.29, 1.82) is 0 Å². The molecule has 0 spiro atoms. The molecule has 2 saturated heterocycles. The first-order valence-electron chi connectivity index (χ1n) is 11.4. The Morgan fingerprint density at radius 2 is 2.00 bits per heavy atom. The molecule has 0 unspecified atom stereocenters. The van der Waals surface area contributed by atoms with Crippen LogP contribution in [0.2, 0.25) is 0 Å². The zero-order valence-electron chi connectivity index (χ0n) is 18.0. The van der Waals surface area contributed by atoms with Crippen LogP contribution in [-0.2, 0) is 13.0 Å². The highest BCUT2D eigenvalue weighted by molar-refractivity contribution is 7.97. The molecule has 3 aromatic rings. The van der Waals surface area contributed by atoms with Crippen LogP contribution < -0.4 is 9.80 Å². The molecule has 0 aliphatic carbocycles. The number of nitrogens with one attached hydrogen (secondary N) is 1. The molecule has 6 heterocycles. The van der Waals surface area contributed by atoms with Gasteiger partial charge < -0.3 is 14.8 Å². The number of hydrogen-bond acceptors (Lipinski definition) is 7. The van der Waals surface area contributed by atoms with Crippen LogP contribution in [-0.4, -0.2) is 61.7 Å². The van der Waals surface area contributed by atoms with Crippen molar-refractivity contribution in [2.24, 2.45) is 0 Å². The Morgan fingerprint density at radius 1 is 1.10 bits per heavy atom. The summed E-state index contributed by atoms with van der Waals surface area (Å²) in [5.41, 5.74) is 4.70. The minimum Gasteiger partial charge on any atom is -0.363 e. The maximum Gasteiger partial charge on any atom is 0.139 e. The van der Waals surface area contributed by atoms with Crippen molar-refractivity contribution in [2.45, 2.75) is 51.2 Å². The molecule has 6 rings (SSSR count). The van der Waals surface area contributed by atoms with Crippen LogP contribution >= 0.6 is 11.9 Å². The number of rotatable bonds is 3. The quantitative estimate of drug-likeness (QED) is 0.630. The van der Waals surface area contributed by atoms with Crippen molar-refractivity contribution in [3.05, 3.63) is 42.1 Å². The van der Waals surface area contributed by atoms with Crippen LogP contribution in [0.3, 0.4) is 0 Å². The molecule has 31 heavy (non-hydrogen) atoms. The second-order valence-electron chi connectivity index (χ2n) is 8.92. The van der Waals surface area contributed by atoms with Gasteiger partial charge in [-0.15, -0.1) is 0 Å². The van der Waals surface area contributed by atoms with Gasteiger partial charge in [-0.1, -0.05) is 11.9 Å². The molecule has 3 aliphatic heterocycles. The van der Waals surface area contributed by atoms with Crippen LogP contribution in [0.25, 0.3) is 11.0 Å². The molecule has 2 fully saturated rings. The summed E-state index contributed by atoms with van der Waals surface area (Å²) >= 11 is 2.04. The van der Waals surface area contributed by atoms with E-state index in [2.05, 4.69) is 48.1 Å². The van der Waals surface area contributed by atoms with Crippen molar-refractivity contribution >= 4 is 34.5 Å². The molecule has 1 atom stereocenters. The number of aromatic nitrogens is 4. The molecule has 162 valence electrons. The Kier molecular flexibility index (Phi) is 4.99. The lowest BCUT2D eigenvalue weighted by molar-refractivity contribution is 0.308. The summed E-state index contributed by atoms with van der Waals surface area (Å²) < 4.78 is 2.63. The number of pyridine rings is 1. The molecule has 0 saturated carbocycles. The predicted molar refractivity (Wildman–Crippen MR) is 126 cm³/mol. The van der Waals surface area contributed by atoms with Gasteiger partial charge in [-0.2, -0.15) is 0 Å². The van der Waals surface area contributed by atoms with Gasteiger partial charge in [-0.3, -0.25) is 0 Å². The number of nitrogens with zero attached hydrogens (tertiary/aromatic N) is 6. The molecule has 1 N–H and O–H groups in total. The summed E-state index contributed by atoms with van der Waals surface area (Å²) in [6.07, 6.45) is 10.4. The lowest BCUT2D eigenvalue weighted by atomic mass is 9.97. The first kappa shape index (κ1) is 19.4. The second-order valence-corrected chi connectivity index (χ2v) is 10.1.